The molecule has 2 aromatic carbocycles. The Labute approximate surface area is 158 Å². The first kappa shape index (κ1) is 18.7. The van der Waals surface area contributed by atoms with Gasteiger partial charge in [-0.2, -0.15) is 0 Å². The van der Waals surface area contributed by atoms with Crippen molar-refractivity contribution >= 4 is 29.3 Å². The number of hydrogen-bond donors (Lipinski definition) is 0. The third kappa shape index (κ3) is 3.56. The van der Waals surface area contributed by atoms with Crippen molar-refractivity contribution in [1.29, 1.82) is 0 Å². The number of methoxy groups -OCH3 is 1. The number of rotatable bonds is 5. The molecule has 3 rings (SSSR count). The monoisotopic (exact) mass is 383 g/mol. The Morgan fingerprint density at radius 3 is 2.43 bits per heavy atom. The van der Waals surface area contributed by atoms with E-state index in [2.05, 4.69) is 4.99 Å². The molecule has 0 radical (unpaired) electrons. The van der Waals surface area contributed by atoms with E-state index in [-0.39, 0.29) is 34.3 Å². The predicted octanol–water partition coefficient (Wildman–Crippen LogP) is 3.16. The molecule has 10 heteroatoms. The van der Waals surface area contributed by atoms with Crippen LogP contribution in [0.25, 0.3) is 6.08 Å². The molecule has 1 heterocycles. The standard InChI is InChI=1S/C18H13N3O7/c1-10-3-4-11(8-14(10)20(23)24)7-13-18(22)28-17(19-13)12-5-6-16(27-2)15(9-12)21(25)26/h3-9H,1-2H3/b13-7-. The third-order valence-electron chi connectivity index (χ3n) is 3.98. The average molecular weight is 383 g/mol. The van der Waals surface area contributed by atoms with Gasteiger partial charge in [-0.25, -0.2) is 9.79 Å². The molecule has 142 valence electrons. The van der Waals surface area contributed by atoms with Crippen LogP contribution in [0.1, 0.15) is 16.7 Å². The van der Waals surface area contributed by atoms with Crippen molar-refractivity contribution in [1.82, 2.24) is 0 Å². The molecular formula is C18H13N3O7. The van der Waals surface area contributed by atoms with Crippen LogP contribution in [-0.4, -0.2) is 28.8 Å². The molecule has 0 atom stereocenters. The molecule has 0 bridgehead atoms. The number of aliphatic imine (C=N–C) groups is 1. The second-order valence-corrected chi connectivity index (χ2v) is 5.78. The van der Waals surface area contributed by atoms with Gasteiger partial charge in [0.15, 0.2) is 11.4 Å². The van der Waals surface area contributed by atoms with Crippen LogP contribution in [0.2, 0.25) is 0 Å². The Morgan fingerprint density at radius 2 is 1.79 bits per heavy atom. The first-order valence-corrected chi connectivity index (χ1v) is 7.90. The van der Waals surface area contributed by atoms with E-state index in [0.29, 0.717) is 11.1 Å². The van der Waals surface area contributed by atoms with Crippen molar-refractivity contribution in [2.75, 3.05) is 7.11 Å². The molecular weight excluding hydrogens is 370 g/mol. The summed E-state index contributed by atoms with van der Waals surface area (Å²) in [6.45, 7) is 1.60. The number of aryl methyl sites for hydroxylation is 1. The number of hydrogen-bond acceptors (Lipinski definition) is 8. The van der Waals surface area contributed by atoms with Crippen LogP contribution in [0.15, 0.2) is 47.1 Å². The minimum atomic E-state index is -0.767. The summed E-state index contributed by atoms with van der Waals surface area (Å²) < 4.78 is 10.0. The first-order chi connectivity index (χ1) is 13.3. The first-order valence-electron chi connectivity index (χ1n) is 7.90. The number of cyclic esters (lactones) is 1. The predicted molar refractivity (Wildman–Crippen MR) is 98.1 cm³/mol. The van der Waals surface area contributed by atoms with Crippen LogP contribution in [0.4, 0.5) is 11.4 Å². The normalized spacial score (nSPS) is 14.6. The highest BCUT2D eigenvalue weighted by Gasteiger charge is 2.27. The highest BCUT2D eigenvalue weighted by Crippen LogP contribution is 2.30. The van der Waals surface area contributed by atoms with Gasteiger partial charge in [-0.1, -0.05) is 12.1 Å². The molecule has 0 aromatic heterocycles. The van der Waals surface area contributed by atoms with E-state index in [1.807, 2.05) is 0 Å². The molecule has 0 N–H and O–H groups in total. The molecule has 1 aliphatic heterocycles. The Hall–Kier alpha value is -4.08. The zero-order valence-electron chi connectivity index (χ0n) is 14.7. The number of ether oxygens (including phenoxy) is 2. The van der Waals surface area contributed by atoms with Crippen LogP contribution in [-0.2, 0) is 9.53 Å². The van der Waals surface area contributed by atoms with Crippen molar-refractivity contribution in [2.24, 2.45) is 4.99 Å². The summed E-state index contributed by atoms with van der Waals surface area (Å²) in [6, 6.07) is 8.51. The lowest BCUT2D eigenvalue weighted by Crippen LogP contribution is -2.06. The van der Waals surface area contributed by atoms with E-state index in [4.69, 9.17) is 9.47 Å². The van der Waals surface area contributed by atoms with Gasteiger partial charge in [-0.15, -0.1) is 0 Å². The highest BCUT2D eigenvalue weighted by atomic mass is 16.6. The van der Waals surface area contributed by atoms with Crippen molar-refractivity contribution in [3.63, 3.8) is 0 Å². The maximum atomic E-state index is 12.1. The van der Waals surface area contributed by atoms with E-state index < -0.39 is 15.8 Å². The number of nitro groups is 2. The summed E-state index contributed by atoms with van der Waals surface area (Å²) >= 11 is 0. The number of carbonyl (C=O) groups is 1. The van der Waals surface area contributed by atoms with Gasteiger partial charge in [-0.05, 0) is 30.7 Å². The van der Waals surface area contributed by atoms with Gasteiger partial charge in [0, 0.05) is 23.3 Å². The lowest BCUT2D eigenvalue weighted by molar-refractivity contribution is -0.385. The molecule has 1 aliphatic rings. The van der Waals surface area contributed by atoms with Gasteiger partial charge < -0.3 is 9.47 Å². The van der Waals surface area contributed by atoms with Crippen LogP contribution < -0.4 is 4.74 Å². The summed E-state index contributed by atoms with van der Waals surface area (Å²) in [5.41, 5.74) is 0.637. The van der Waals surface area contributed by atoms with Crippen LogP contribution in [0.5, 0.6) is 5.75 Å². The van der Waals surface area contributed by atoms with Crippen LogP contribution >= 0.6 is 0 Å². The van der Waals surface area contributed by atoms with Crippen molar-refractivity contribution in [3.05, 3.63) is 79.0 Å². The Morgan fingerprint density at radius 1 is 1.07 bits per heavy atom. The minimum absolute atomic E-state index is 0.0569. The molecule has 10 nitrogen and oxygen atoms in total. The van der Waals surface area contributed by atoms with Crippen molar-refractivity contribution < 1.29 is 24.1 Å². The molecule has 0 amide bonds. The Bertz CT molecular complexity index is 1070. The highest BCUT2D eigenvalue weighted by molar-refractivity contribution is 6.13. The number of carbonyl (C=O) groups excluding carboxylic acids is 1. The zero-order chi connectivity index (χ0) is 20.4. The number of esters is 1. The second-order valence-electron chi connectivity index (χ2n) is 5.78. The van der Waals surface area contributed by atoms with Gasteiger partial charge >= 0.3 is 11.7 Å². The van der Waals surface area contributed by atoms with Crippen molar-refractivity contribution in [3.8, 4) is 5.75 Å². The van der Waals surface area contributed by atoms with Gasteiger partial charge in [0.05, 0.1) is 17.0 Å². The number of nitrogens with zero attached hydrogens (tertiary/aromatic N) is 3. The smallest absolute Gasteiger partial charge is 0.363 e. The number of nitro benzene ring substituents is 2. The molecule has 28 heavy (non-hydrogen) atoms. The fraction of sp³-hybridized carbons (Fsp3) is 0.111. The summed E-state index contributed by atoms with van der Waals surface area (Å²) in [7, 11) is 1.30. The van der Waals surface area contributed by atoms with Gasteiger partial charge in [0.25, 0.3) is 5.69 Å². The zero-order valence-corrected chi connectivity index (χ0v) is 14.7. The van der Waals surface area contributed by atoms with Gasteiger partial charge in [-0.3, -0.25) is 20.2 Å². The fourth-order valence-corrected chi connectivity index (χ4v) is 2.57. The quantitative estimate of drug-likeness (QED) is 0.335. The summed E-state index contributed by atoms with van der Waals surface area (Å²) in [5.74, 6) is -0.818. The molecule has 0 saturated carbocycles. The Balaban J connectivity index is 1.99. The largest absolute Gasteiger partial charge is 0.490 e. The van der Waals surface area contributed by atoms with E-state index in [0.717, 1.165) is 0 Å². The topological polar surface area (TPSA) is 134 Å². The summed E-state index contributed by atoms with van der Waals surface area (Å²) in [5, 5.41) is 22.2. The molecule has 0 aliphatic carbocycles. The number of benzene rings is 2. The van der Waals surface area contributed by atoms with E-state index in [9.17, 15) is 25.0 Å². The van der Waals surface area contributed by atoms with E-state index in [1.165, 1.54) is 37.5 Å². The fourth-order valence-electron chi connectivity index (χ4n) is 2.57. The molecule has 0 fully saturated rings. The summed E-state index contributed by atoms with van der Waals surface area (Å²) in [6.07, 6.45) is 1.35. The Kier molecular flexibility index (Phi) is 4.86. The van der Waals surface area contributed by atoms with Crippen LogP contribution in [0, 0.1) is 27.2 Å². The van der Waals surface area contributed by atoms with E-state index >= 15 is 0 Å². The van der Waals surface area contributed by atoms with Crippen LogP contribution in [0.3, 0.4) is 0 Å². The molecule has 0 spiro atoms. The summed E-state index contributed by atoms with van der Waals surface area (Å²) in [4.78, 5) is 37.2. The van der Waals surface area contributed by atoms with Gasteiger partial charge in [0.2, 0.25) is 5.90 Å². The third-order valence-corrected chi connectivity index (χ3v) is 3.98. The van der Waals surface area contributed by atoms with E-state index in [1.54, 1.807) is 19.1 Å². The molecule has 0 saturated heterocycles. The molecule has 2 aromatic rings. The maximum Gasteiger partial charge on any atom is 0.363 e. The average Bonchev–Trinajstić information content (AvgIpc) is 3.02. The minimum Gasteiger partial charge on any atom is -0.490 e. The maximum absolute atomic E-state index is 12.1. The lowest BCUT2D eigenvalue weighted by Gasteiger charge is -2.03. The lowest BCUT2D eigenvalue weighted by atomic mass is 10.1. The van der Waals surface area contributed by atoms with Crippen molar-refractivity contribution in [2.45, 2.75) is 6.92 Å². The SMILES string of the molecule is COc1ccc(C2=N/C(=C\c3ccc(C)c([N+](=O)[O-])c3)C(=O)O2)cc1[N+](=O)[O-]. The van der Waals surface area contributed by atoms with Gasteiger partial charge in [0.1, 0.15) is 0 Å². The second kappa shape index (κ2) is 7.27. The molecule has 0 unspecified atom stereocenters.